The molecule has 0 unspecified atom stereocenters. The van der Waals surface area contributed by atoms with Crippen LogP contribution in [-0.2, 0) is 17.8 Å². The van der Waals surface area contributed by atoms with Gasteiger partial charge in [0.1, 0.15) is 18.8 Å². The molecule has 130 valence electrons. The van der Waals surface area contributed by atoms with Gasteiger partial charge in [-0.1, -0.05) is 30.3 Å². The third kappa shape index (κ3) is 5.21. The van der Waals surface area contributed by atoms with Crippen LogP contribution in [-0.4, -0.2) is 19.6 Å². The maximum Gasteiger partial charge on any atom is 0.234 e. The third-order valence-corrected chi connectivity index (χ3v) is 3.57. The molecule has 0 saturated heterocycles. The third-order valence-electron chi connectivity index (χ3n) is 3.57. The van der Waals surface area contributed by atoms with Gasteiger partial charge in [-0.2, -0.15) is 5.26 Å². The van der Waals surface area contributed by atoms with Crippen molar-refractivity contribution in [3.63, 3.8) is 0 Å². The zero-order valence-electron chi connectivity index (χ0n) is 13.9. The average molecular weight is 342 g/mol. The van der Waals surface area contributed by atoms with Gasteiger partial charge in [0.05, 0.1) is 13.2 Å². The number of rotatable bonds is 8. The largest absolute Gasteiger partial charge is 0.493 e. The number of nitriles is 1. The van der Waals surface area contributed by atoms with Gasteiger partial charge in [-0.3, -0.25) is 4.79 Å². The summed E-state index contributed by atoms with van der Waals surface area (Å²) in [5, 5.41) is 11.1. The number of amides is 1. The summed E-state index contributed by atoms with van der Waals surface area (Å²) < 4.78 is 24.9. The van der Waals surface area contributed by atoms with E-state index in [0.29, 0.717) is 30.0 Å². The lowest BCUT2D eigenvalue weighted by molar-refractivity contribution is -0.120. The van der Waals surface area contributed by atoms with Crippen LogP contribution in [0.15, 0.2) is 42.5 Å². The Morgan fingerprint density at radius 2 is 1.96 bits per heavy atom. The van der Waals surface area contributed by atoms with Gasteiger partial charge in [-0.15, -0.1) is 0 Å². The molecule has 5 nitrogen and oxygen atoms in total. The number of hydrogen-bond acceptors (Lipinski definition) is 4. The van der Waals surface area contributed by atoms with E-state index in [2.05, 4.69) is 5.32 Å². The smallest absolute Gasteiger partial charge is 0.234 e. The number of methoxy groups -OCH3 is 1. The van der Waals surface area contributed by atoms with Crippen LogP contribution in [0.2, 0.25) is 0 Å². The Hall–Kier alpha value is -3.07. The SMILES string of the molecule is COc1cccc(CCNC(=O)CC#N)c1OCc1ccccc1F. The van der Waals surface area contributed by atoms with Crippen molar-refractivity contribution in [1.82, 2.24) is 5.32 Å². The molecule has 2 aromatic rings. The van der Waals surface area contributed by atoms with Gasteiger partial charge in [0.15, 0.2) is 11.5 Å². The van der Waals surface area contributed by atoms with Crippen LogP contribution < -0.4 is 14.8 Å². The number of hydrogen-bond donors (Lipinski definition) is 1. The number of ether oxygens (including phenoxy) is 2. The van der Waals surface area contributed by atoms with E-state index in [4.69, 9.17) is 14.7 Å². The van der Waals surface area contributed by atoms with Crippen molar-refractivity contribution in [3.8, 4) is 17.6 Å². The second-order valence-corrected chi connectivity index (χ2v) is 5.26. The van der Waals surface area contributed by atoms with E-state index < -0.39 is 0 Å². The van der Waals surface area contributed by atoms with Crippen LogP contribution in [0.3, 0.4) is 0 Å². The fraction of sp³-hybridized carbons (Fsp3) is 0.263. The highest BCUT2D eigenvalue weighted by atomic mass is 19.1. The fourth-order valence-corrected chi connectivity index (χ4v) is 2.32. The number of carbonyl (C=O) groups excluding carboxylic acids is 1. The molecule has 0 bridgehead atoms. The van der Waals surface area contributed by atoms with Crippen LogP contribution in [0.5, 0.6) is 11.5 Å². The monoisotopic (exact) mass is 342 g/mol. The molecule has 0 saturated carbocycles. The molecule has 0 aliphatic carbocycles. The van der Waals surface area contributed by atoms with Crippen LogP contribution in [0.4, 0.5) is 4.39 Å². The van der Waals surface area contributed by atoms with Gasteiger partial charge < -0.3 is 14.8 Å². The van der Waals surface area contributed by atoms with Crippen molar-refractivity contribution in [2.45, 2.75) is 19.4 Å². The normalized spacial score (nSPS) is 9.96. The summed E-state index contributed by atoms with van der Waals surface area (Å²) in [4.78, 5) is 11.4. The molecule has 6 heteroatoms. The summed E-state index contributed by atoms with van der Waals surface area (Å²) in [6, 6.07) is 13.6. The maximum absolute atomic E-state index is 13.8. The minimum Gasteiger partial charge on any atom is -0.493 e. The molecule has 0 aliphatic heterocycles. The fourth-order valence-electron chi connectivity index (χ4n) is 2.32. The zero-order chi connectivity index (χ0) is 18.1. The number of para-hydroxylation sites is 1. The number of nitrogens with one attached hydrogen (secondary N) is 1. The van der Waals surface area contributed by atoms with E-state index in [1.807, 2.05) is 12.1 Å². The lowest BCUT2D eigenvalue weighted by Gasteiger charge is -2.15. The van der Waals surface area contributed by atoms with E-state index in [1.54, 1.807) is 30.3 Å². The van der Waals surface area contributed by atoms with E-state index >= 15 is 0 Å². The molecule has 0 aromatic heterocycles. The van der Waals surface area contributed by atoms with E-state index in [0.717, 1.165) is 5.56 Å². The van der Waals surface area contributed by atoms with E-state index in [1.165, 1.54) is 13.2 Å². The highest BCUT2D eigenvalue weighted by molar-refractivity contribution is 5.77. The first kappa shape index (κ1) is 18.3. The second-order valence-electron chi connectivity index (χ2n) is 5.26. The molecule has 1 amide bonds. The Labute approximate surface area is 146 Å². The van der Waals surface area contributed by atoms with Gasteiger partial charge >= 0.3 is 0 Å². The Bertz CT molecular complexity index is 772. The number of carbonyl (C=O) groups is 1. The standard InChI is InChI=1S/C19H19FN2O3/c1-24-17-8-4-6-14(10-12-22-18(23)9-11-21)19(17)25-13-15-5-2-3-7-16(15)20/h2-8H,9-10,12-13H2,1H3,(H,22,23). The highest BCUT2D eigenvalue weighted by Crippen LogP contribution is 2.32. The topological polar surface area (TPSA) is 71.3 Å². The summed E-state index contributed by atoms with van der Waals surface area (Å²) in [7, 11) is 1.53. The summed E-state index contributed by atoms with van der Waals surface area (Å²) in [6.45, 7) is 0.435. The zero-order valence-corrected chi connectivity index (χ0v) is 13.9. The van der Waals surface area contributed by atoms with Gasteiger partial charge in [0, 0.05) is 12.1 Å². The minimum absolute atomic E-state index is 0.0703. The lowest BCUT2D eigenvalue weighted by Crippen LogP contribution is -2.25. The molecule has 0 fully saturated rings. The molecule has 1 N–H and O–H groups in total. The van der Waals surface area contributed by atoms with Crippen LogP contribution >= 0.6 is 0 Å². The van der Waals surface area contributed by atoms with E-state index in [9.17, 15) is 9.18 Å². The van der Waals surface area contributed by atoms with Gasteiger partial charge in [0.25, 0.3) is 0 Å². The molecule has 2 aromatic carbocycles. The van der Waals surface area contributed by atoms with Gasteiger partial charge in [-0.25, -0.2) is 4.39 Å². The van der Waals surface area contributed by atoms with Crippen molar-refractivity contribution in [1.29, 1.82) is 5.26 Å². The molecule has 0 spiro atoms. The predicted octanol–water partition coefficient (Wildman–Crippen LogP) is 2.99. The van der Waals surface area contributed by atoms with Crippen molar-refractivity contribution < 1.29 is 18.7 Å². The highest BCUT2D eigenvalue weighted by Gasteiger charge is 2.12. The second kappa shape index (κ2) is 9.28. The number of benzene rings is 2. The summed E-state index contributed by atoms with van der Waals surface area (Å²) in [5.41, 5.74) is 1.27. The molecule has 2 rings (SSSR count). The Kier molecular flexibility index (Phi) is 6.78. The Morgan fingerprint density at radius 1 is 1.20 bits per heavy atom. The average Bonchev–Trinajstić information content (AvgIpc) is 2.61. The van der Waals surface area contributed by atoms with Crippen LogP contribution in [0.25, 0.3) is 0 Å². The molecule has 0 radical (unpaired) electrons. The van der Waals surface area contributed by atoms with Crippen LogP contribution in [0.1, 0.15) is 17.5 Å². The van der Waals surface area contributed by atoms with Crippen molar-refractivity contribution in [3.05, 3.63) is 59.4 Å². The first-order chi connectivity index (χ1) is 12.2. The summed E-state index contributed by atoms with van der Waals surface area (Å²) in [6.07, 6.45) is 0.329. The van der Waals surface area contributed by atoms with E-state index in [-0.39, 0.29) is 24.8 Å². The number of halogens is 1. The van der Waals surface area contributed by atoms with Crippen molar-refractivity contribution in [2.75, 3.05) is 13.7 Å². The minimum atomic E-state index is -0.331. The lowest BCUT2D eigenvalue weighted by atomic mass is 10.1. The van der Waals surface area contributed by atoms with Crippen LogP contribution in [0, 0.1) is 17.1 Å². The maximum atomic E-state index is 13.8. The van der Waals surface area contributed by atoms with Gasteiger partial charge in [-0.05, 0) is 24.1 Å². The Morgan fingerprint density at radius 3 is 2.68 bits per heavy atom. The summed E-state index contributed by atoms with van der Waals surface area (Å²) >= 11 is 0. The molecule has 25 heavy (non-hydrogen) atoms. The van der Waals surface area contributed by atoms with Gasteiger partial charge in [0.2, 0.25) is 5.91 Å². The Balaban J connectivity index is 2.08. The molecule has 0 aliphatic rings. The molecule has 0 atom stereocenters. The van der Waals surface area contributed by atoms with Crippen molar-refractivity contribution >= 4 is 5.91 Å². The predicted molar refractivity (Wildman–Crippen MR) is 90.7 cm³/mol. The van der Waals surface area contributed by atoms with Crippen molar-refractivity contribution in [2.24, 2.45) is 0 Å². The number of nitrogens with zero attached hydrogens (tertiary/aromatic N) is 1. The first-order valence-corrected chi connectivity index (χ1v) is 7.81. The first-order valence-electron chi connectivity index (χ1n) is 7.81. The molecular weight excluding hydrogens is 323 g/mol. The summed E-state index contributed by atoms with van der Waals surface area (Å²) in [5.74, 6) is 0.405. The molecule has 0 heterocycles. The quantitative estimate of drug-likeness (QED) is 0.800. The molecular formula is C19H19FN2O3.